The van der Waals surface area contributed by atoms with Crippen molar-refractivity contribution in [2.45, 2.75) is 6.92 Å². The van der Waals surface area contributed by atoms with Crippen molar-refractivity contribution in [3.05, 3.63) is 81.8 Å². The maximum Gasteiger partial charge on any atom is 0.335 e. The van der Waals surface area contributed by atoms with E-state index in [4.69, 9.17) is 10.2 Å². The van der Waals surface area contributed by atoms with Crippen molar-refractivity contribution in [3.63, 3.8) is 0 Å². The number of benzene rings is 2. The van der Waals surface area contributed by atoms with Gasteiger partial charge in [0.05, 0.1) is 21.7 Å². The molecule has 1 amide bonds. The molecule has 0 bridgehead atoms. The smallest absolute Gasteiger partial charge is 0.335 e. The number of amidine groups is 1. The topological polar surface area (TPSA) is 116 Å². The molecule has 2 aromatic rings. The zero-order valence-electron chi connectivity index (χ0n) is 15.2. The summed E-state index contributed by atoms with van der Waals surface area (Å²) >= 11 is 1.10. The summed E-state index contributed by atoms with van der Waals surface area (Å²) in [5.74, 6) is -2.86. The first-order valence-electron chi connectivity index (χ1n) is 8.46. The molecule has 1 aliphatic heterocycles. The molecule has 0 aliphatic carbocycles. The van der Waals surface area contributed by atoms with Crippen LogP contribution in [-0.4, -0.2) is 33.2 Å². The molecule has 2 aromatic carbocycles. The fraction of sp³-hybridized carbons (Fsp3) is 0.0476. The zero-order valence-corrected chi connectivity index (χ0v) is 16.1. The van der Waals surface area contributed by atoms with E-state index in [1.54, 1.807) is 6.08 Å². The number of aromatic carboxylic acids is 2. The first-order valence-corrected chi connectivity index (χ1v) is 9.28. The molecule has 146 valence electrons. The molecule has 1 aliphatic rings. The Morgan fingerprint density at radius 3 is 2.24 bits per heavy atom. The van der Waals surface area contributed by atoms with Crippen molar-refractivity contribution < 1.29 is 24.6 Å². The number of carboxylic acids is 2. The summed E-state index contributed by atoms with van der Waals surface area (Å²) in [7, 11) is 0. The van der Waals surface area contributed by atoms with E-state index >= 15 is 0 Å². The lowest BCUT2D eigenvalue weighted by atomic mass is 10.1. The number of nitrogens with zero attached hydrogens (tertiary/aromatic N) is 1. The van der Waals surface area contributed by atoms with Crippen LogP contribution < -0.4 is 5.32 Å². The van der Waals surface area contributed by atoms with Crippen molar-refractivity contribution in [2.75, 3.05) is 0 Å². The van der Waals surface area contributed by atoms with Crippen molar-refractivity contribution in [3.8, 4) is 0 Å². The van der Waals surface area contributed by atoms with Crippen LogP contribution in [0.15, 0.2) is 70.1 Å². The van der Waals surface area contributed by atoms with Crippen molar-refractivity contribution in [1.82, 2.24) is 5.32 Å². The summed E-state index contributed by atoms with van der Waals surface area (Å²) in [6, 6.07) is 13.2. The van der Waals surface area contributed by atoms with Crippen LogP contribution in [0.3, 0.4) is 0 Å². The number of carbonyl (C=O) groups is 3. The number of amides is 1. The lowest BCUT2D eigenvalue weighted by Gasteiger charge is -2.02. The average molecular weight is 408 g/mol. The molecule has 0 spiro atoms. The van der Waals surface area contributed by atoms with Crippen molar-refractivity contribution >= 4 is 46.5 Å². The normalized spacial score (nSPS) is 16.9. The van der Waals surface area contributed by atoms with Crippen LogP contribution in [0.5, 0.6) is 0 Å². The minimum atomic E-state index is -1.26. The summed E-state index contributed by atoms with van der Waals surface area (Å²) < 4.78 is 0. The van der Waals surface area contributed by atoms with E-state index in [1.165, 1.54) is 12.1 Å². The molecule has 0 unspecified atom stereocenters. The predicted molar refractivity (Wildman–Crippen MR) is 111 cm³/mol. The Labute approximate surface area is 170 Å². The SMILES string of the molecule is CC(=Cc1ccccc1)C=C1SC(=Nc2cc(C(=O)O)cc(C(=O)O)c2)NC1=O. The molecule has 1 saturated heterocycles. The molecule has 0 aromatic heterocycles. The summed E-state index contributed by atoms with van der Waals surface area (Å²) in [6.45, 7) is 1.87. The summed E-state index contributed by atoms with van der Waals surface area (Å²) in [5.41, 5.74) is 1.61. The minimum absolute atomic E-state index is 0.128. The average Bonchev–Trinajstić information content (AvgIpc) is 3.00. The fourth-order valence-corrected chi connectivity index (χ4v) is 3.47. The number of nitrogens with one attached hydrogen (secondary N) is 1. The number of aliphatic imine (C=N–C) groups is 1. The Bertz CT molecular complexity index is 1060. The van der Waals surface area contributed by atoms with E-state index in [0.29, 0.717) is 4.91 Å². The monoisotopic (exact) mass is 408 g/mol. The Morgan fingerprint density at radius 2 is 1.66 bits per heavy atom. The van der Waals surface area contributed by atoms with E-state index in [9.17, 15) is 14.4 Å². The number of thioether (sulfide) groups is 1. The van der Waals surface area contributed by atoms with E-state index in [-0.39, 0.29) is 27.9 Å². The van der Waals surface area contributed by atoms with Crippen LogP contribution in [0.4, 0.5) is 5.69 Å². The molecule has 7 nitrogen and oxygen atoms in total. The second-order valence-corrected chi connectivity index (χ2v) is 7.19. The third kappa shape index (κ3) is 5.20. The van der Waals surface area contributed by atoms with Crippen LogP contribution >= 0.6 is 11.8 Å². The van der Waals surface area contributed by atoms with Gasteiger partial charge in [0.15, 0.2) is 5.17 Å². The molecule has 3 N–H and O–H groups in total. The van der Waals surface area contributed by atoms with E-state index in [2.05, 4.69) is 10.3 Å². The molecule has 0 radical (unpaired) electrons. The molecule has 1 heterocycles. The summed E-state index contributed by atoms with van der Waals surface area (Å²) in [6.07, 6.45) is 3.66. The van der Waals surface area contributed by atoms with Crippen molar-refractivity contribution in [1.29, 1.82) is 0 Å². The molecular formula is C21H16N2O5S. The number of hydrogen-bond donors (Lipinski definition) is 3. The third-order valence-corrected chi connectivity index (χ3v) is 4.76. The highest BCUT2D eigenvalue weighted by atomic mass is 32.2. The van der Waals surface area contributed by atoms with Crippen molar-refractivity contribution in [2.24, 2.45) is 4.99 Å². The number of rotatable bonds is 5. The van der Waals surface area contributed by atoms with Crippen LogP contribution in [0.25, 0.3) is 6.08 Å². The van der Waals surface area contributed by atoms with Crippen LogP contribution in [0.2, 0.25) is 0 Å². The first-order chi connectivity index (χ1) is 13.8. The van der Waals surface area contributed by atoms with Gasteiger partial charge in [0.2, 0.25) is 0 Å². The van der Waals surface area contributed by atoms with Gasteiger partial charge in [0, 0.05) is 0 Å². The summed E-state index contributed by atoms with van der Waals surface area (Å²) in [4.78, 5) is 39.3. The van der Waals surface area contributed by atoms with E-state index < -0.39 is 11.9 Å². The largest absolute Gasteiger partial charge is 0.478 e. The number of allylic oxidation sites excluding steroid dienone is 2. The number of hydrogen-bond acceptors (Lipinski definition) is 5. The highest BCUT2D eigenvalue weighted by Gasteiger charge is 2.24. The van der Waals surface area contributed by atoms with Gasteiger partial charge in [-0.3, -0.25) is 4.79 Å². The van der Waals surface area contributed by atoms with Gasteiger partial charge in [-0.1, -0.05) is 36.4 Å². The second-order valence-electron chi connectivity index (χ2n) is 6.16. The lowest BCUT2D eigenvalue weighted by molar-refractivity contribution is -0.115. The van der Waals surface area contributed by atoms with E-state index in [1.807, 2.05) is 43.3 Å². The molecule has 8 heteroatoms. The quantitative estimate of drug-likeness (QED) is 0.646. The standard InChI is InChI=1S/C21H16N2O5S/c1-12(7-13-5-3-2-4-6-13)8-17-18(24)23-21(29-17)22-16-10-14(19(25)26)9-15(11-16)20(27)28/h2-11H,1H3,(H,25,26)(H,27,28)(H,22,23,24). The molecule has 29 heavy (non-hydrogen) atoms. The minimum Gasteiger partial charge on any atom is -0.478 e. The number of carboxylic acid groups (broad SMARTS) is 2. The summed E-state index contributed by atoms with van der Waals surface area (Å²) in [5, 5.41) is 21.1. The molecule has 0 atom stereocenters. The van der Waals surface area contributed by atoms with Gasteiger partial charge in [-0.25, -0.2) is 14.6 Å². The van der Waals surface area contributed by atoms with E-state index in [0.717, 1.165) is 29.0 Å². The fourth-order valence-electron chi connectivity index (χ4n) is 2.58. The molecule has 0 saturated carbocycles. The zero-order chi connectivity index (χ0) is 21.0. The van der Waals surface area contributed by atoms with Crippen LogP contribution in [-0.2, 0) is 4.79 Å². The lowest BCUT2D eigenvalue weighted by Crippen LogP contribution is -2.19. The molecule has 1 fully saturated rings. The van der Waals surface area contributed by atoms with Gasteiger partial charge in [-0.15, -0.1) is 0 Å². The van der Waals surface area contributed by atoms with Gasteiger partial charge < -0.3 is 15.5 Å². The van der Waals surface area contributed by atoms with Crippen LogP contribution in [0.1, 0.15) is 33.2 Å². The van der Waals surface area contributed by atoms with Crippen LogP contribution in [0, 0.1) is 0 Å². The molecule has 3 rings (SSSR count). The third-order valence-electron chi connectivity index (χ3n) is 3.85. The second kappa shape index (κ2) is 8.57. The Kier molecular flexibility index (Phi) is 5.94. The van der Waals surface area contributed by atoms with Gasteiger partial charge in [-0.05, 0) is 54.1 Å². The maximum atomic E-state index is 12.2. The highest BCUT2D eigenvalue weighted by molar-refractivity contribution is 8.18. The Morgan fingerprint density at radius 1 is 1.03 bits per heavy atom. The van der Waals surface area contributed by atoms with Gasteiger partial charge in [-0.2, -0.15) is 0 Å². The molecular weight excluding hydrogens is 392 g/mol. The number of carbonyl (C=O) groups excluding carboxylic acids is 1. The predicted octanol–water partition coefficient (Wildman–Crippen LogP) is 3.92. The van der Waals surface area contributed by atoms with Gasteiger partial charge in [0.1, 0.15) is 0 Å². The van der Waals surface area contributed by atoms with Gasteiger partial charge in [0.25, 0.3) is 5.91 Å². The van der Waals surface area contributed by atoms with Gasteiger partial charge >= 0.3 is 11.9 Å². The Balaban J connectivity index is 1.86. The first kappa shape index (κ1) is 20.1. The highest BCUT2D eigenvalue weighted by Crippen LogP contribution is 2.28. The Hall–Kier alpha value is -3.65. The maximum absolute atomic E-state index is 12.2.